The van der Waals surface area contributed by atoms with Crippen molar-refractivity contribution in [2.45, 2.75) is 44.7 Å². The van der Waals surface area contributed by atoms with Gasteiger partial charge in [0.1, 0.15) is 6.04 Å². The monoisotopic (exact) mass is 326 g/mol. The number of nitrogens with zero attached hydrogens (tertiary/aromatic N) is 2. The summed E-state index contributed by atoms with van der Waals surface area (Å²) in [7, 11) is 0. The summed E-state index contributed by atoms with van der Waals surface area (Å²) in [6.07, 6.45) is 4.80. The van der Waals surface area contributed by atoms with Crippen LogP contribution < -0.4 is 15.8 Å². The molecule has 1 heterocycles. The van der Waals surface area contributed by atoms with Crippen LogP contribution in [0.1, 0.15) is 32.6 Å². The number of para-hydroxylation sites is 1. The zero-order valence-corrected chi connectivity index (χ0v) is 13.7. The highest BCUT2D eigenvalue weighted by atomic mass is 16.2. The number of hydrazine groups is 1. The standard InChI is InChI=1S/C18H22N4O2/c1-11-18(24)22(14-5-3-2-4-6-14)21-16(19-11)17(23)20-15(12-7-8-12)13-9-10-13/h2-6,11-13,15H,7-10H2,1H3,(H,19,21)(H,20,23)/t11-/m1/s1. The fourth-order valence-corrected chi connectivity index (χ4v) is 3.25. The molecule has 1 aliphatic heterocycles. The lowest BCUT2D eigenvalue weighted by Gasteiger charge is -2.31. The smallest absolute Gasteiger partial charge is 0.288 e. The molecule has 0 radical (unpaired) electrons. The highest BCUT2D eigenvalue weighted by molar-refractivity contribution is 6.39. The third-order valence-corrected chi connectivity index (χ3v) is 4.91. The molecular formula is C18H22N4O2. The van der Waals surface area contributed by atoms with Gasteiger partial charge >= 0.3 is 0 Å². The number of aliphatic imine (C=N–C) groups is 1. The van der Waals surface area contributed by atoms with Crippen LogP contribution in [0.25, 0.3) is 0 Å². The van der Waals surface area contributed by atoms with Crippen LogP contribution in [0.3, 0.4) is 0 Å². The molecule has 126 valence electrons. The molecule has 6 nitrogen and oxygen atoms in total. The minimum absolute atomic E-state index is 0.168. The van der Waals surface area contributed by atoms with E-state index in [4.69, 9.17) is 0 Å². The number of rotatable bonds is 5. The van der Waals surface area contributed by atoms with Crippen molar-refractivity contribution in [2.24, 2.45) is 16.8 Å². The van der Waals surface area contributed by atoms with Gasteiger partial charge < -0.3 is 5.32 Å². The molecule has 2 fully saturated rings. The summed E-state index contributed by atoms with van der Waals surface area (Å²) in [6.45, 7) is 1.71. The summed E-state index contributed by atoms with van der Waals surface area (Å²) in [6, 6.07) is 8.95. The van der Waals surface area contributed by atoms with Gasteiger partial charge in [0.15, 0.2) is 0 Å². The number of amides is 2. The van der Waals surface area contributed by atoms with Gasteiger partial charge in [0.2, 0.25) is 5.84 Å². The van der Waals surface area contributed by atoms with Gasteiger partial charge in [-0.1, -0.05) is 18.2 Å². The number of benzene rings is 1. The molecule has 0 unspecified atom stereocenters. The predicted molar refractivity (Wildman–Crippen MR) is 91.3 cm³/mol. The zero-order chi connectivity index (χ0) is 16.7. The van der Waals surface area contributed by atoms with E-state index in [1.54, 1.807) is 6.92 Å². The Morgan fingerprint density at radius 3 is 2.42 bits per heavy atom. The van der Waals surface area contributed by atoms with Crippen LogP contribution in [-0.2, 0) is 9.59 Å². The average Bonchev–Trinajstić information content (AvgIpc) is 3.48. The Bertz CT molecular complexity index is 668. The van der Waals surface area contributed by atoms with Crippen LogP contribution in [0.2, 0.25) is 0 Å². The quantitative estimate of drug-likeness (QED) is 0.864. The Morgan fingerprint density at radius 2 is 1.83 bits per heavy atom. The molecule has 1 aromatic carbocycles. The van der Waals surface area contributed by atoms with Crippen LogP contribution in [0, 0.1) is 11.8 Å². The van der Waals surface area contributed by atoms with Crippen molar-refractivity contribution in [3.05, 3.63) is 30.3 Å². The van der Waals surface area contributed by atoms with Crippen LogP contribution in [0.4, 0.5) is 5.69 Å². The van der Waals surface area contributed by atoms with Crippen LogP contribution >= 0.6 is 0 Å². The van der Waals surface area contributed by atoms with E-state index in [2.05, 4.69) is 15.7 Å². The number of carbonyl (C=O) groups excluding carboxylic acids is 2. The van der Waals surface area contributed by atoms with Crippen molar-refractivity contribution in [3.8, 4) is 0 Å². The summed E-state index contributed by atoms with van der Waals surface area (Å²) >= 11 is 0. The lowest BCUT2D eigenvalue weighted by molar-refractivity contribution is -0.120. The minimum Gasteiger partial charge on any atom is -0.346 e. The summed E-state index contributed by atoms with van der Waals surface area (Å²) < 4.78 is 0. The second-order valence-corrected chi connectivity index (χ2v) is 6.95. The average molecular weight is 326 g/mol. The summed E-state index contributed by atoms with van der Waals surface area (Å²) in [5, 5.41) is 4.56. The Labute approximate surface area is 141 Å². The molecule has 0 aromatic heterocycles. The number of anilines is 1. The molecule has 2 saturated carbocycles. The van der Waals surface area contributed by atoms with Crippen molar-refractivity contribution >= 4 is 23.3 Å². The van der Waals surface area contributed by atoms with E-state index in [9.17, 15) is 9.59 Å². The van der Waals surface area contributed by atoms with E-state index in [1.807, 2.05) is 30.3 Å². The SMILES string of the molecule is C[C@H]1N=C(C(=O)NC(C2CC2)C2CC2)NN(c2ccccc2)C1=O. The maximum Gasteiger partial charge on any atom is 0.288 e. The van der Waals surface area contributed by atoms with Gasteiger partial charge in [0, 0.05) is 6.04 Å². The van der Waals surface area contributed by atoms with Crippen molar-refractivity contribution in [2.75, 3.05) is 5.01 Å². The molecule has 2 amide bonds. The summed E-state index contributed by atoms with van der Waals surface area (Å²) in [4.78, 5) is 29.3. The maximum atomic E-state index is 12.7. The maximum absolute atomic E-state index is 12.7. The number of amidine groups is 1. The second kappa shape index (κ2) is 5.92. The Morgan fingerprint density at radius 1 is 1.21 bits per heavy atom. The number of nitrogens with one attached hydrogen (secondary N) is 2. The first-order chi connectivity index (χ1) is 11.6. The molecule has 4 rings (SSSR count). The zero-order valence-electron chi connectivity index (χ0n) is 13.7. The first kappa shape index (κ1) is 15.2. The molecule has 6 heteroatoms. The lowest BCUT2D eigenvalue weighted by Crippen LogP contribution is -2.59. The van der Waals surface area contributed by atoms with E-state index in [0.717, 1.165) is 0 Å². The number of hydrogen-bond acceptors (Lipinski definition) is 4. The first-order valence-corrected chi connectivity index (χ1v) is 8.68. The predicted octanol–water partition coefficient (Wildman–Crippen LogP) is 1.63. The normalized spacial score (nSPS) is 23.8. The molecule has 2 N–H and O–H groups in total. The molecule has 2 aliphatic carbocycles. The number of carbonyl (C=O) groups is 2. The van der Waals surface area contributed by atoms with Gasteiger partial charge in [-0.05, 0) is 56.6 Å². The summed E-state index contributed by atoms with van der Waals surface area (Å²) in [5.74, 6) is 1.08. The van der Waals surface area contributed by atoms with Crippen molar-refractivity contribution in [3.63, 3.8) is 0 Å². The van der Waals surface area contributed by atoms with Gasteiger partial charge in [-0.25, -0.2) is 10.0 Å². The Balaban J connectivity index is 1.50. The minimum atomic E-state index is -0.576. The van der Waals surface area contributed by atoms with E-state index in [1.165, 1.54) is 30.7 Å². The highest BCUT2D eigenvalue weighted by Gasteiger charge is 2.43. The molecule has 3 aliphatic rings. The lowest BCUT2D eigenvalue weighted by atomic mass is 10.1. The third-order valence-electron chi connectivity index (χ3n) is 4.91. The fraction of sp³-hybridized carbons (Fsp3) is 0.500. The number of hydrogen-bond donors (Lipinski definition) is 2. The first-order valence-electron chi connectivity index (χ1n) is 8.68. The van der Waals surface area contributed by atoms with Crippen LogP contribution in [0.15, 0.2) is 35.3 Å². The van der Waals surface area contributed by atoms with Crippen LogP contribution in [0.5, 0.6) is 0 Å². The van der Waals surface area contributed by atoms with E-state index in [-0.39, 0.29) is 23.7 Å². The van der Waals surface area contributed by atoms with Crippen molar-refractivity contribution in [1.82, 2.24) is 10.7 Å². The fourth-order valence-electron chi connectivity index (χ4n) is 3.25. The molecular weight excluding hydrogens is 304 g/mol. The van der Waals surface area contributed by atoms with Crippen molar-refractivity contribution in [1.29, 1.82) is 0 Å². The molecule has 1 aromatic rings. The Hall–Kier alpha value is -2.37. The Kier molecular flexibility index (Phi) is 3.75. The molecule has 24 heavy (non-hydrogen) atoms. The van der Waals surface area contributed by atoms with Gasteiger partial charge in [-0.3, -0.25) is 15.0 Å². The summed E-state index contributed by atoms with van der Waals surface area (Å²) in [5.41, 5.74) is 3.60. The molecule has 0 saturated heterocycles. The van der Waals surface area contributed by atoms with Gasteiger partial charge in [0.25, 0.3) is 11.8 Å². The van der Waals surface area contributed by atoms with Gasteiger partial charge in [-0.15, -0.1) is 0 Å². The van der Waals surface area contributed by atoms with E-state index < -0.39 is 6.04 Å². The van der Waals surface area contributed by atoms with E-state index >= 15 is 0 Å². The highest BCUT2D eigenvalue weighted by Crippen LogP contribution is 2.44. The molecule has 0 bridgehead atoms. The van der Waals surface area contributed by atoms with Crippen LogP contribution in [-0.4, -0.2) is 29.7 Å². The largest absolute Gasteiger partial charge is 0.346 e. The van der Waals surface area contributed by atoms with Gasteiger partial charge in [-0.2, -0.15) is 0 Å². The van der Waals surface area contributed by atoms with Crippen molar-refractivity contribution < 1.29 is 9.59 Å². The van der Waals surface area contributed by atoms with E-state index in [0.29, 0.717) is 17.5 Å². The molecule has 0 spiro atoms. The van der Waals surface area contributed by atoms with Gasteiger partial charge in [0.05, 0.1) is 5.69 Å². The molecule has 1 atom stereocenters. The second-order valence-electron chi connectivity index (χ2n) is 6.95. The third kappa shape index (κ3) is 3.00. The topological polar surface area (TPSA) is 73.8 Å².